The number of benzene rings is 3. The number of amides is 12. The van der Waals surface area contributed by atoms with Crippen molar-refractivity contribution < 1.29 is 92.6 Å². The minimum atomic E-state index is -2.51. The number of carbonyl (C=O) groups excluding carboxylic acids is 12. The second kappa shape index (κ2) is 38.5. The third-order valence-corrected chi connectivity index (χ3v) is 18.1. The molecular weight excluding hydrogens is 1390 g/mol. The summed E-state index contributed by atoms with van der Waals surface area (Å²) in [5.41, 5.74) is 2.04. The average Bonchev–Trinajstić information content (AvgIpc) is 1.63. The van der Waals surface area contributed by atoms with Crippen LogP contribution in [0.25, 0.3) is 23.1 Å². The number of aliphatic hydroxyl groups is 4. The third kappa shape index (κ3) is 22.3. The van der Waals surface area contributed by atoms with Gasteiger partial charge in [-0.15, -0.1) is 0 Å². The van der Waals surface area contributed by atoms with E-state index in [2.05, 4.69) is 68.5 Å². The molecule has 107 heavy (non-hydrogen) atoms. The van der Waals surface area contributed by atoms with Crippen LogP contribution in [0.4, 0.5) is 0 Å². The van der Waals surface area contributed by atoms with Crippen LogP contribution in [0.2, 0.25) is 0 Å². The van der Waals surface area contributed by atoms with Crippen molar-refractivity contribution >= 4 is 99.9 Å². The van der Waals surface area contributed by atoms with Crippen molar-refractivity contribution in [2.45, 2.75) is 166 Å². The van der Waals surface area contributed by atoms with Crippen LogP contribution < -0.4 is 63.2 Å². The van der Waals surface area contributed by atoms with Gasteiger partial charge in [-0.1, -0.05) is 107 Å². The van der Waals surface area contributed by atoms with Gasteiger partial charge >= 0.3 is 5.97 Å². The fourth-order valence-electron chi connectivity index (χ4n) is 12.1. The van der Waals surface area contributed by atoms with Crippen LogP contribution in [0.3, 0.4) is 0 Å². The summed E-state index contributed by atoms with van der Waals surface area (Å²) in [5, 5.41) is 84.7. The van der Waals surface area contributed by atoms with E-state index in [9.17, 15) is 78.3 Å². The molecule has 574 valence electrons. The molecule has 0 aliphatic carbocycles. The number of aromatic amines is 1. The van der Waals surface area contributed by atoms with E-state index >= 15 is 9.59 Å². The van der Waals surface area contributed by atoms with Crippen molar-refractivity contribution in [1.82, 2.24) is 73.4 Å². The van der Waals surface area contributed by atoms with Crippen molar-refractivity contribution in [3.8, 4) is 5.75 Å². The van der Waals surface area contributed by atoms with Crippen LogP contribution in [-0.2, 0) is 68.7 Å². The zero-order chi connectivity index (χ0) is 78.5. The van der Waals surface area contributed by atoms with E-state index in [1.807, 2.05) is 0 Å². The zero-order valence-electron chi connectivity index (χ0n) is 60.5. The van der Waals surface area contributed by atoms with Crippen molar-refractivity contribution in [1.29, 1.82) is 0 Å². The van der Waals surface area contributed by atoms with Crippen LogP contribution in [0.15, 0.2) is 116 Å². The second-order valence-electron chi connectivity index (χ2n) is 26.9. The predicted octanol–water partition coefficient (Wildman–Crippen LogP) is -0.930. The molecule has 0 spiro atoms. The summed E-state index contributed by atoms with van der Waals surface area (Å²) in [5.74, 6) is -18.3. The van der Waals surface area contributed by atoms with Crippen LogP contribution in [0, 0.1) is 17.8 Å². The summed E-state index contributed by atoms with van der Waals surface area (Å²) in [7, 11) is 1.38. The molecule has 33 heteroatoms. The van der Waals surface area contributed by atoms with E-state index in [4.69, 9.17) is 4.74 Å². The summed E-state index contributed by atoms with van der Waals surface area (Å²) < 4.78 is 5.30. The van der Waals surface area contributed by atoms with Crippen molar-refractivity contribution in [2.24, 2.45) is 17.8 Å². The minimum Gasteiger partial charge on any atom is -0.497 e. The summed E-state index contributed by atoms with van der Waals surface area (Å²) in [6.45, 7) is 10.3. The lowest BCUT2D eigenvalue weighted by molar-refractivity contribution is -0.146. The smallest absolute Gasteiger partial charge is 0.308 e. The summed E-state index contributed by atoms with van der Waals surface area (Å²) >= 11 is 0. The van der Waals surface area contributed by atoms with E-state index in [1.165, 1.54) is 94.9 Å². The van der Waals surface area contributed by atoms with Gasteiger partial charge in [0.15, 0.2) is 0 Å². The minimum absolute atomic E-state index is 0.0271. The molecule has 15 atom stereocenters. The number of para-hydroxylation sites is 1. The maximum Gasteiger partial charge on any atom is 0.308 e. The Morgan fingerprint density at radius 2 is 1.27 bits per heavy atom. The molecule has 17 N–H and O–H groups in total. The number of hydrogen-bond donors (Lipinski definition) is 17. The third-order valence-electron chi connectivity index (χ3n) is 18.1. The molecule has 12 amide bonds. The summed E-state index contributed by atoms with van der Waals surface area (Å²) in [4.78, 5) is 195. The van der Waals surface area contributed by atoms with Gasteiger partial charge in [-0.2, -0.15) is 0 Å². The highest BCUT2D eigenvalue weighted by molar-refractivity contribution is 6.01. The van der Waals surface area contributed by atoms with Gasteiger partial charge in [0, 0.05) is 42.3 Å². The number of carbonyl (C=O) groups is 13. The molecule has 2 aliphatic rings. The van der Waals surface area contributed by atoms with Crippen LogP contribution >= 0.6 is 0 Å². The Morgan fingerprint density at radius 3 is 1.93 bits per heavy atom. The van der Waals surface area contributed by atoms with E-state index in [0.717, 1.165) is 24.8 Å². The maximum absolute atomic E-state index is 15.1. The molecule has 33 nitrogen and oxygen atoms in total. The van der Waals surface area contributed by atoms with Crippen molar-refractivity contribution in [3.63, 3.8) is 0 Å². The van der Waals surface area contributed by atoms with E-state index in [1.54, 1.807) is 75.4 Å². The molecule has 0 bridgehead atoms. The molecular formula is C74H94N14O19. The van der Waals surface area contributed by atoms with Gasteiger partial charge in [-0.25, -0.2) is 0 Å². The molecule has 7 rings (SSSR count). The topological polar surface area (TPSA) is 497 Å². The largest absolute Gasteiger partial charge is 0.497 e. The first-order valence-electron chi connectivity index (χ1n) is 34.9. The number of nitrogens with one attached hydrogen (secondary N) is 12. The molecule has 3 aromatic carbocycles. The lowest BCUT2D eigenvalue weighted by Gasteiger charge is -2.33. The number of aliphatic hydroxyl groups excluding tert-OH is 4. The van der Waals surface area contributed by atoms with Crippen molar-refractivity contribution in [2.75, 3.05) is 20.2 Å². The van der Waals surface area contributed by atoms with Gasteiger partial charge in [0.2, 0.25) is 71.2 Å². The number of fused-ring (bicyclic) bond motifs is 2. The van der Waals surface area contributed by atoms with Crippen LogP contribution in [-0.4, -0.2) is 210 Å². The fraction of sp³-hybridized carbons (Fsp3) is 0.432. The summed E-state index contributed by atoms with van der Waals surface area (Å²) in [6.07, 6.45) is 0.166. The number of pyridine rings is 1. The highest BCUT2D eigenvalue weighted by Crippen LogP contribution is 2.27. The SMILES string of the molecule is C/C=C\c1cccnc1/C=C/C(=O)NC1C(=O)NC(C)C(=O)NC(C(C)C(=O)O)C(=O)NCC(=O)NC(C(O)c2ccccc2)C(=O)N2CCCC2C(=O)NC(C(O)c2ccc(OC)cc2)C(=O)NC(Cc2c[nH]c3ccccc23)C(=O)NC(O)C(=O)NC(CC(C)C)C(=O)NC(C(O)C(C)C)C(=O)NC1C. The van der Waals surface area contributed by atoms with Crippen LogP contribution in [0.5, 0.6) is 5.75 Å². The number of aromatic nitrogens is 2. The molecule has 2 fully saturated rings. The lowest BCUT2D eigenvalue weighted by atomic mass is 9.96. The zero-order valence-corrected chi connectivity index (χ0v) is 60.5. The molecule has 5 aromatic rings. The molecule has 0 saturated carbocycles. The summed E-state index contributed by atoms with van der Waals surface area (Å²) in [6, 6.07) is 5.46. The Bertz CT molecular complexity index is 4090. The Kier molecular flexibility index (Phi) is 29.9. The molecule has 2 saturated heterocycles. The normalized spacial score (nSPS) is 24.8. The number of carboxylic acids is 1. The predicted molar refractivity (Wildman–Crippen MR) is 387 cm³/mol. The molecule has 0 radical (unpaired) electrons. The first-order valence-corrected chi connectivity index (χ1v) is 34.9. The number of aliphatic carboxylic acids is 1. The number of allylic oxidation sites excluding steroid dienone is 1. The highest BCUT2D eigenvalue weighted by atomic mass is 16.5. The first kappa shape index (κ1) is 82.9. The number of ether oxygens (including phenoxy) is 1. The van der Waals surface area contributed by atoms with E-state index in [-0.39, 0.29) is 36.9 Å². The van der Waals surface area contributed by atoms with Gasteiger partial charge in [0.25, 0.3) is 5.91 Å². The number of carboxylic acid groups (broad SMARTS) is 1. The fourth-order valence-corrected chi connectivity index (χ4v) is 12.1. The number of hydrogen-bond acceptors (Lipinski definition) is 19. The maximum atomic E-state index is 15.1. The molecule has 15 unspecified atom stereocenters. The Morgan fingerprint density at radius 1 is 0.645 bits per heavy atom. The van der Waals surface area contributed by atoms with Crippen LogP contribution in [0.1, 0.15) is 115 Å². The Balaban J connectivity index is 1.30. The Labute approximate surface area is 616 Å². The average molecular weight is 1480 g/mol. The number of methoxy groups -OCH3 is 1. The molecule has 2 aliphatic heterocycles. The number of rotatable bonds is 17. The quantitative estimate of drug-likeness (QED) is 0.0500. The molecule has 4 heterocycles. The second-order valence-corrected chi connectivity index (χ2v) is 26.9. The van der Waals surface area contributed by atoms with E-state index in [0.29, 0.717) is 33.5 Å². The first-order chi connectivity index (χ1) is 50.8. The van der Waals surface area contributed by atoms with Gasteiger partial charge < -0.3 is 98.6 Å². The van der Waals surface area contributed by atoms with Gasteiger partial charge in [-0.3, -0.25) is 67.3 Å². The molecule has 2 aromatic heterocycles. The number of H-pyrrole nitrogens is 1. The monoisotopic (exact) mass is 1480 g/mol. The number of nitrogens with zero attached hydrogens (tertiary/aromatic N) is 2. The lowest BCUT2D eigenvalue weighted by Crippen LogP contribution is -2.64. The van der Waals surface area contributed by atoms with Gasteiger partial charge in [-0.05, 0) is 111 Å². The highest BCUT2D eigenvalue weighted by Gasteiger charge is 2.45. The van der Waals surface area contributed by atoms with Gasteiger partial charge in [0.05, 0.1) is 37.4 Å². The van der Waals surface area contributed by atoms with Gasteiger partial charge in [0.1, 0.15) is 72.3 Å². The van der Waals surface area contributed by atoms with Crippen molar-refractivity contribution in [3.05, 3.63) is 143 Å². The standard InChI is InChI=1S/C74H94N14O19/c1-10-18-42-21-16-31-75-48(42)29-30-53(89)82-56-40(7)78-69(100)57(60(91)38(4)5)85-64(95)50(33-37(2)3)81-71(102)72(103)87-65(96)51(34-45-35-76-49-23-15-14-22-47(45)49)80-70(101)58(61(92)44-25-27-46(107-9)28-26-44)86-66(97)52-24-17-32-88(52)73(104)59(62(93)43-19-12-11-13-20-43)83-54(90)36-77-67(98)55(39(6)74(105)106)84-63(94)41(8)79-68(56)99/h10-16,18-23,25-31,35,37-41,50-52,55-62,72,76,91-93,103H,17,24,32-34,36H2,1-9H3,(H,77,98)(H,78,100)(H,79,99)(H,80,101)(H,81,102)(H,82,89)(H,83,90)(H,84,94)(H,85,95)(H,86,97)(H,87,96)(H,105,106)/b18-10-,30-29+. The van der Waals surface area contributed by atoms with E-state index < -0.39 is 193 Å². The Hall–Kier alpha value is -11.4.